The van der Waals surface area contributed by atoms with Crippen molar-refractivity contribution in [3.63, 3.8) is 0 Å². The second kappa shape index (κ2) is 8.87. The molecular weight excluding hydrogens is 511 g/mol. The van der Waals surface area contributed by atoms with E-state index in [4.69, 9.17) is 23.2 Å². The first-order valence-electron chi connectivity index (χ1n) is 9.40. The van der Waals surface area contributed by atoms with Crippen LogP contribution in [-0.2, 0) is 25.5 Å². The fourth-order valence-corrected chi connectivity index (χ4v) is 6.62. The Bertz CT molecular complexity index is 1360. The Kier molecular flexibility index (Phi) is 6.89. The lowest BCUT2D eigenvalue weighted by Crippen LogP contribution is -2.19. The summed E-state index contributed by atoms with van der Waals surface area (Å²) >= 11 is 13.2. The van der Waals surface area contributed by atoms with Crippen LogP contribution in [0.2, 0.25) is 10.0 Å². The molecule has 0 saturated carbocycles. The Balaban J connectivity index is 2.06. The van der Waals surface area contributed by atoms with Gasteiger partial charge in [0.1, 0.15) is 4.21 Å². The van der Waals surface area contributed by atoms with Gasteiger partial charge in [0.15, 0.2) is 0 Å². The Morgan fingerprint density at radius 2 is 1.41 bits per heavy atom. The van der Waals surface area contributed by atoms with Gasteiger partial charge in [-0.15, -0.1) is 11.3 Å². The number of sulfonamides is 2. The van der Waals surface area contributed by atoms with E-state index in [-0.39, 0.29) is 35.9 Å². The average Bonchev–Trinajstić information content (AvgIpc) is 3.20. The van der Waals surface area contributed by atoms with Crippen LogP contribution in [0.1, 0.15) is 31.9 Å². The topological polar surface area (TPSA) is 92.3 Å². The van der Waals surface area contributed by atoms with Gasteiger partial charge in [0, 0.05) is 0 Å². The summed E-state index contributed by atoms with van der Waals surface area (Å²) in [7, 11) is -8.02. The highest BCUT2D eigenvalue weighted by Gasteiger charge is 2.24. The van der Waals surface area contributed by atoms with E-state index < -0.39 is 20.0 Å². The molecule has 0 fully saturated rings. The van der Waals surface area contributed by atoms with Crippen LogP contribution >= 0.6 is 34.5 Å². The number of hydrogen-bond donors (Lipinski definition) is 2. The molecule has 0 aliphatic heterocycles. The number of nitrogens with one attached hydrogen (secondary N) is 2. The predicted molar refractivity (Wildman–Crippen MR) is 132 cm³/mol. The highest BCUT2D eigenvalue weighted by Crippen LogP contribution is 2.36. The maximum Gasteiger partial charge on any atom is 0.271 e. The highest BCUT2D eigenvalue weighted by molar-refractivity contribution is 7.94. The number of halogens is 2. The molecule has 0 spiro atoms. The van der Waals surface area contributed by atoms with Crippen LogP contribution < -0.4 is 9.44 Å². The highest BCUT2D eigenvalue weighted by atomic mass is 35.5. The largest absolute Gasteiger partial charge is 0.277 e. The Labute approximate surface area is 202 Å². The number of rotatable bonds is 6. The first-order valence-corrected chi connectivity index (χ1v) is 14.0. The van der Waals surface area contributed by atoms with Crippen molar-refractivity contribution in [2.75, 3.05) is 9.44 Å². The maximum absolute atomic E-state index is 13.3. The second-order valence-electron chi connectivity index (χ2n) is 8.19. The van der Waals surface area contributed by atoms with Crippen LogP contribution in [0.4, 0.5) is 11.4 Å². The van der Waals surface area contributed by atoms with E-state index >= 15 is 0 Å². The van der Waals surface area contributed by atoms with Gasteiger partial charge in [-0.3, -0.25) is 9.44 Å². The average molecular weight is 534 g/mol. The zero-order valence-corrected chi connectivity index (χ0v) is 21.7. The molecule has 1 aromatic heterocycles. The fourth-order valence-electron chi connectivity index (χ4n) is 2.88. The van der Waals surface area contributed by atoms with E-state index in [0.717, 1.165) is 16.9 Å². The summed E-state index contributed by atoms with van der Waals surface area (Å²) in [6.45, 7) is 7.64. The first-order chi connectivity index (χ1) is 14.7. The molecule has 0 amide bonds. The summed E-state index contributed by atoms with van der Waals surface area (Å²) in [6, 6.07) is 10.8. The van der Waals surface area contributed by atoms with Crippen molar-refractivity contribution in [1.29, 1.82) is 0 Å². The molecular formula is C21H22Cl2N2O4S3. The molecule has 32 heavy (non-hydrogen) atoms. The third kappa shape index (κ3) is 5.40. The molecule has 3 aromatic rings. The maximum atomic E-state index is 13.3. The van der Waals surface area contributed by atoms with Gasteiger partial charge in [0.2, 0.25) is 0 Å². The van der Waals surface area contributed by atoms with Crippen LogP contribution in [0.5, 0.6) is 0 Å². The molecule has 6 nitrogen and oxygen atoms in total. The van der Waals surface area contributed by atoms with Gasteiger partial charge in [-0.1, -0.05) is 62.2 Å². The lowest BCUT2D eigenvalue weighted by Gasteiger charge is -2.21. The number of aryl methyl sites for hydroxylation is 1. The molecule has 0 aliphatic carbocycles. The fraction of sp³-hybridized carbons (Fsp3) is 0.238. The zero-order valence-electron chi connectivity index (χ0n) is 17.7. The molecule has 0 saturated heterocycles. The van der Waals surface area contributed by atoms with Crippen molar-refractivity contribution < 1.29 is 16.8 Å². The molecule has 0 aliphatic rings. The van der Waals surface area contributed by atoms with Crippen molar-refractivity contribution in [2.45, 2.75) is 42.2 Å². The zero-order chi connectivity index (χ0) is 23.9. The third-order valence-corrected chi connectivity index (χ3v) is 9.65. The number of thiophene rings is 1. The van der Waals surface area contributed by atoms with Crippen LogP contribution in [-0.4, -0.2) is 16.8 Å². The van der Waals surface area contributed by atoms with E-state index in [1.54, 1.807) is 30.5 Å². The third-order valence-electron chi connectivity index (χ3n) is 4.65. The Hall–Kier alpha value is -1.78. The van der Waals surface area contributed by atoms with Gasteiger partial charge < -0.3 is 0 Å². The van der Waals surface area contributed by atoms with Gasteiger partial charge in [-0.05, 0) is 53.1 Å². The molecule has 0 radical (unpaired) electrons. The standard InChI is InChI=1S/C21H22Cl2N2O4S3/c1-13-7-8-14(21(2,3)4)10-19(13)31(26,27)24-17-11-15(22)16(23)12-18(17)25-32(28,29)20-6-5-9-30-20/h5-12,24-25H,1-4H3. The van der Waals surface area contributed by atoms with E-state index in [2.05, 4.69) is 9.44 Å². The molecule has 0 bridgehead atoms. The summed E-state index contributed by atoms with van der Waals surface area (Å²) in [5.74, 6) is 0. The Morgan fingerprint density at radius 1 is 0.844 bits per heavy atom. The van der Waals surface area contributed by atoms with Crippen molar-refractivity contribution in [2.24, 2.45) is 0 Å². The summed E-state index contributed by atoms with van der Waals surface area (Å²) in [5, 5.41) is 1.77. The van der Waals surface area contributed by atoms with Crippen molar-refractivity contribution in [3.8, 4) is 0 Å². The van der Waals surface area contributed by atoms with E-state index in [9.17, 15) is 16.8 Å². The minimum Gasteiger partial charge on any atom is -0.277 e. The van der Waals surface area contributed by atoms with Crippen molar-refractivity contribution in [1.82, 2.24) is 0 Å². The number of hydrogen-bond acceptors (Lipinski definition) is 5. The summed E-state index contributed by atoms with van der Waals surface area (Å²) in [6.07, 6.45) is 0. The number of anilines is 2. The predicted octanol–water partition coefficient (Wildman–Crippen LogP) is 6.26. The summed E-state index contributed by atoms with van der Waals surface area (Å²) < 4.78 is 56.9. The van der Waals surface area contributed by atoms with Crippen LogP contribution in [0.15, 0.2) is 56.9 Å². The molecule has 1 heterocycles. The van der Waals surface area contributed by atoms with Gasteiger partial charge in [-0.25, -0.2) is 16.8 Å². The molecule has 172 valence electrons. The Morgan fingerprint density at radius 3 is 1.91 bits per heavy atom. The second-order valence-corrected chi connectivity index (χ2v) is 13.5. The smallest absolute Gasteiger partial charge is 0.271 e. The molecule has 0 unspecified atom stereocenters. The van der Waals surface area contributed by atoms with Gasteiger partial charge in [0.05, 0.1) is 26.3 Å². The van der Waals surface area contributed by atoms with Gasteiger partial charge in [-0.2, -0.15) is 0 Å². The molecule has 0 atom stereocenters. The van der Waals surface area contributed by atoms with Gasteiger partial charge >= 0.3 is 0 Å². The summed E-state index contributed by atoms with van der Waals surface area (Å²) in [5.41, 5.74) is 1.05. The number of benzene rings is 2. The van der Waals surface area contributed by atoms with Crippen LogP contribution in [0, 0.1) is 6.92 Å². The molecule has 3 rings (SSSR count). The van der Waals surface area contributed by atoms with E-state index in [1.807, 2.05) is 26.8 Å². The van der Waals surface area contributed by atoms with Crippen LogP contribution in [0.3, 0.4) is 0 Å². The minimum absolute atomic E-state index is 0.0407. The van der Waals surface area contributed by atoms with E-state index in [0.29, 0.717) is 5.56 Å². The molecule has 11 heteroatoms. The minimum atomic E-state index is -4.07. The lowest BCUT2D eigenvalue weighted by molar-refractivity contribution is 0.584. The quantitative estimate of drug-likeness (QED) is 0.391. The van der Waals surface area contributed by atoms with Crippen molar-refractivity contribution in [3.05, 3.63) is 69.0 Å². The van der Waals surface area contributed by atoms with Gasteiger partial charge in [0.25, 0.3) is 20.0 Å². The molecule has 2 aromatic carbocycles. The van der Waals surface area contributed by atoms with Crippen LogP contribution in [0.25, 0.3) is 0 Å². The monoisotopic (exact) mass is 532 g/mol. The van der Waals surface area contributed by atoms with E-state index in [1.165, 1.54) is 18.2 Å². The first kappa shape index (κ1) is 24.9. The molecule has 2 N–H and O–H groups in total. The lowest BCUT2D eigenvalue weighted by atomic mass is 9.87. The van der Waals surface area contributed by atoms with Crippen molar-refractivity contribution >= 4 is 66.0 Å². The summed E-state index contributed by atoms with van der Waals surface area (Å²) in [4.78, 5) is 0.0862. The SMILES string of the molecule is Cc1ccc(C(C)(C)C)cc1S(=O)(=O)Nc1cc(Cl)c(Cl)cc1NS(=O)(=O)c1cccs1. The normalized spacial score (nSPS) is 12.6.